The van der Waals surface area contributed by atoms with E-state index in [1.807, 2.05) is 0 Å². The van der Waals surface area contributed by atoms with Gasteiger partial charge in [0.15, 0.2) is 0 Å². The lowest BCUT2D eigenvalue weighted by molar-refractivity contribution is -0.0789. The smallest absolute Gasteiger partial charge is 0.0509 e. The summed E-state index contributed by atoms with van der Waals surface area (Å²) >= 11 is 0. The van der Waals surface area contributed by atoms with Crippen LogP contribution in [0.4, 0.5) is 0 Å². The van der Waals surface area contributed by atoms with Crippen molar-refractivity contribution in [1.82, 2.24) is 4.90 Å². The van der Waals surface area contributed by atoms with Crippen molar-refractivity contribution in [2.45, 2.75) is 57.5 Å². The molecule has 2 aliphatic rings. The second-order valence-electron chi connectivity index (χ2n) is 5.93. The minimum atomic E-state index is 0.196. The van der Waals surface area contributed by atoms with E-state index in [9.17, 15) is 0 Å². The van der Waals surface area contributed by atoms with Crippen LogP contribution in [-0.4, -0.2) is 42.8 Å². The molecule has 0 radical (unpaired) electrons. The van der Waals surface area contributed by atoms with Gasteiger partial charge in [0, 0.05) is 24.7 Å². The van der Waals surface area contributed by atoms with E-state index in [1.165, 1.54) is 32.2 Å². The van der Waals surface area contributed by atoms with Gasteiger partial charge in [0.1, 0.15) is 0 Å². The lowest BCUT2D eigenvalue weighted by atomic mass is 9.78. The standard InChI is InChI=1S/C14H28N2O/c1-12-10-17-9-7-14(12,11-15)16-8-5-3-4-6-13(16)2/h12-13H,3-11,15H2,1-2H3. The number of rotatable bonds is 2. The first-order chi connectivity index (χ1) is 8.20. The van der Waals surface area contributed by atoms with Crippen molar-refractivity contribution in [3.63, 3.8) is 0 Å². The van der Waals surface area contributed by atoms with Crippen LogP contribution >= 0.6 is 0 Å². The lowest BCUT2D eigenvalue weighted by Crippen LogP contribution is -2.63. The predicted octanol–water partition coefficient (Wildman–Crippen LogP) is 2.00. The van der Waals surface area contributed by atoms with Crippen LogP contribution in [0.5, 0.6) is 0 Å². The molecule has 0 aromatic rings. The molecule has 0 saturated carbocycles. The molecular formula is C14H28N2O. The van der Waals surface area contributed by atoms with Gasteiger partial charge in [-0.15, -0.1) is 0 Å². The van der Waals surface area contributed by atoms with Crippen LogP contribution in [0.25, 0.3) is 0 Å². The van der Waals surface area contributed by atoms with Crippen LogP contribution in [0.2, 0.25) is 0 Å². The van der Waals surface area contributed by atoms with E-state index in [0.717, 1.165) is 26.2 Å². The van der Waals surface area contributed by atoms with Gasteiger partial charge in [-0.05, 0) is 38.6 Å². The number of ether oxygens (including phenoxy) is 1. The van der Waals surface area contributed by atoms with Crippen molar-refractivity contribution in [2.24, 2.45) is 11.7 Å². The molecule has 2 saturated heterocycles. The number of hydrogen-bond donors (Lipinski definition) is 1. The summed E-state index contributed by atoms with van der Waals surface area (Å²) in [5.41, 5.74) is 6.37. The Morgan fingerprint density at radius 3 is 2.82 bits per heavy atom. The van der Waals surface area contributed by atoms with E-state index in [1.54, 1.807) is 0 Å². The molecular weight excluding hydrogens is 212 g/mol. The molecule has 0 amide bonds. The van der Waals surface area contributed by atoms with E-state index in [2.05, 4.69) is 18.7 Å². The zero-order chi connectivity index (χ0) is 12.3. The topological polar surface area (TPSA) is 38.5 Å². The molecule has 0 spiro atoms. The van der Waals surface area contributed by atoms with E-state index in [0.29, 0.717) is 12.0 Å². The van der Waals surface area contributed by atoms with Crippen molar-refractivity contribution in [2.75, 3.05) is 26.3 Å². The van der Waals surface area contributed by atoms with E-state index in [4.69, 9.17) is 10.5 Å². The quantitative estimate of drug-likeness (QED) is 0.802. The van der Waals surface area contributed by atoms with Crippen LogP contribution in [0.3, 0.4) is 0 Å². The Kier molecular flexibility index (Phi) is 4.45. The summed E-state index contributed by atoms with van der Waals surface area (Å²) in [6, 6.07) is 0.682. The summed E-state index contributed by atoms with van der Waals surface area (Å²) in [6.07, 6.45) is 6.53. The molecule has 0 aromatic carbocycles. The van der Waals surface area contributed by atoms with E-state index >= 15 is 0 Å². The normalized spacial score (nSPS) is 41.1. The average Bonchev–Trinajstić information content (AvgIpc) is 2.56. The summed E-state index contributed by atoms with van der Waals surface area (Å²) < 4.78 is 5.61. The summed E-state index contributed by atoms with van der Waals surface area (Å²) in [6.45, 7) is 8.45. The summed E-state index contributed by atoms with van der Waals surface area (Å²) in [7, 11) is 0. The van der Waals surface area contributed by atoms with E-state index < -0.39 is 0 Å². The third kappa shape index (κ3) is 2.51. The highest BCUT2D eigenvalue weighted by molar-refractivity contribution is 5.00. The molecule has 2 aliphatic heterocycles. The fourth-order valence-electron chi connectivity index (χ4n) is 3.69. The third-order valence-electron chi connectivity index (χ3n) is 4.94. The summed E-state index contributed by atoms with van der Waals surface area (Å²) in [4.78, 5) is 2.72. The van der Waals surface area contributed by atoms with Crippen molar-refractivity contribution >= 4 is 0 Å². The van der Waals surface area contributed by atoms with Gasteiger partial charge in [0.05, 0.1) is 6.61 Å². The molecule has 0 aromatic heterocycles. The number of likely N-dealkylation sites (tertiary alicyclic amines) is 1. The second-order valence-corrected chi connectivity index (χ2v) is 5.93. The largest absolute Gasteiger partial charge is 0.381 e. The van der Waals surface area contributed by atoms with Gasteiger partial charge in [0.2, 0.25) is 0 Å². The first-order valence-corrected chi connectivity index (χ1v) is 7.25. The van der Waals surface area contributed by atoms with Crippen molar-refractivity contribution < 1.29 is 4.74 Å². The highest BCUT2D eigenvalue weighted by Gasteiger charge is 2.44. The van der Waals surface area contributed by atoms with Gasteiger partial charge in [0.25, 0.3) is 0 Å². The molecule has 2 N–H and O–H groups in total. The van der Waals surface area contributed by atoms with Gasteiger partial charge in [-0.25, -0.2) is 0 Å². The SMILES string of the molecule is CC1CCCCCN1C1(CN)CCOCC1C. The van der Waals surface area contributed by atoms with Crippen molar-refractivity contribution in [1.29, 1.82) is 0 Å². The van der Waals surface area contributed by atoms with E-state index in [-0.39, 0.29) is 5.54 Å². The van der Waals surface area contributed by atoms with Crippen LogP contribution in [0.1, 0.15) is 46.0 Å². The Labute approximate surface area is 106 Å². The maximum atomic E-state index is 6.18. The van der Waals surface area contributed by atoms with Crippen LogP contribution in [0.15, 0.2) is 0 Å². The second kappa shape index (κ2) is 5.68. The van der Waals surface area contributed by atoms with Gasteiger partial charge in [-0.2, -0.15) is 0 Å². The van der Waals surface area contributed by atoms with Crippen LogP contribution < -0.4 is 5.73 Å². The first kappa shape index (κ1) is 13.3. The predicted molar refractivity (Wildman–Crippen MR) is 71.0 cm³/mol. The van der Waals surface area contributed by atoms with Crippen molar-refractivity contribution in [3.8, 4) is 0 Å². The van der Waals surface area contributed by atoms with Gasteiger partial charge in [-0.1, -0.05) is 19.8 Å². The number of nitrogens with two attached hydrogens (primary N) is 1. The number of nitrogens with zero attached hydrogens (tertiary/aromatic N) is 1. The number of hydrogen-bond acceptors (Lipinski definition) is 3. The summed E-state index contributed by atoms with van der Waals surface area (Å²) in [5, 5.41) is 0. The maximum Gasteiger partial charge on any atom is 0.0509 e. The fraction of sp³-hybridized carbons (Fsp3) is 1.00. The maximum absolute atomic E-state index is 6.18. The molecule has 2 heterocycles. The van der Waals surface area contributed by atoms with Gasteiger partial charge < -0.3 is 10.5 Å². The minimum absolute atomic E-state index is 0.196. The van der Waals surface area contributed by atoms with Crippen LogP contribution in [0, 0.1) is 5.92 Å². The highest BCUT2D eigenvalue weighted by Crippen LogP contribution is 2.35. The molecule has 2 fully saturated rings. The molecule has 3 nitrogen and oxygen atoms in total. The lowest BCUT2D eigenvalue weighted by Gasteiger charge is -2.52. The summed E-state index contributed by atoms with van der Waals surface area (Å²) in [5.74, 6) is 0.557. The van der Waals surface area contributed by atoms with Crippen molar-refractivity contribution in [3.05, 3.63) is 0 Å². The highest BCUT2D eigenvalue weighted by atomic mass is 16.5. The Morgan fingerprint density at radius 1 is 1.29 bits per heavy atom. The molecule has 0 aliphatic carbocycles. The molecule has 3 unspecified atom stereocenters. The molecule has 17 heavy (non-hydrogen) atoms. The first-order valence-electron chi connectivity index (χ1n) is 7.25. The zero-order valence-corrected chi connectivity index (χ0v) is 11.5. The van der Waals surface area contributed by atoms with Gasteiger partial charge in [-0.3, -0.25) is 4.90 Å². The monoisotopic (exact) mass is 240 g/mol. The Hall–Kier alpha value is -0.120. The average molecular weight is 240 g/mol. The third-order valence-corrected chi connectivity index (χ3v) is 4.94. The Balaban J connectivity index is 2.19. The zero-order valence-electron chi connectivity index (χ0n) is 11.5. The molecule has 100 valence electrons. The Bertz CT molecular complexity index is 246. The van der Waals surface area contributed by atoms with Gasteiger partial charge >= 0.3 is 0 Å². The molecule has 3 heteroatoms. The minimum Gasteiger partial charge on any atom is -0.381 e. The molecule has 0 bridgehead atoms. The Morgan fingerprint density at radius 2 is 2.12 bits per heavy atom. The fourth-order valence-corrected chi connectivity index (χ4v) is 3.69. The molecule has 3 atom stereocenters. The van der Waals surface area contributed by atoms with Crippen LogP contribution in [-0.2, 0) is 4.74 Å². The molecule has 2 rings (SSSR count).